The van der Waals surface area contributed by atoms with Gasteiger partial charge >= 0.3 is 0 Å². The molecule has 0 saturated heterocycles. The fraction of sp³-hybridized carbons (Fsp3) is 0.250. The molecule has 1 heterocycles. The van der Waals surface area contributed by atoms with Crippen LogP contribution < -0.4 is 5.32 Å². The minimum atomic E-state index is -0.141. The first-order valence-electron chi connectivity index (χ1n) is 6.51. The summed E-state index contributed by atoms with van der Waals surface area (Å²) in [5.74, 6) is 0.909. The van der Waals surface area contributed by atoms with E-state index in [1.54, 1.807) is 6.20 Å². The molecule has 104 valence electrons. The first-order valence-corrected chi connectivity index (χ1v) is 7.30. The van der Waals surface area contributed by atoms with E-state index in [2.05, 4.69) is 40.1 Å². The molecule has 3 nitrogen and oxygen atoms in total. The van der Waals surface area contributed by atoms with Gasteiger partial charge < -0.3 is 5.32 Å². The average Bonchev–Trinajstić information content (AvgIpc) is 2.42. The lowest BCUT2D eigenvalue weighted by atomic mass is 10.0. The maximum Gasteiger partial charge on any atom is 0.256 e. The molecule has 0 bridgehead atoms. The number of rotatable bonds is 3. The van der Waals surface area contributed by atoms with E-state index in [-0.39, 0.29) is 5.91 Å². The zero-order valence-corrected chi connectivity index (χ0v) is 13.4. The Morgan fingerprint density at radius 3 is 2.45 bits per heavy atom. The zero-order chi connectivity index (χ0) is 14.7. The molecular weight excluding hydrogens is 316 g/mol. The van der Waals surface area contributed by atoms with Crippen LogP contribution in [0, 0.1) is 6.92 Å². The molecule has 0 atom stereocenters. The van der Waals surface area contributed by atoms with Gasteiger partial charge in [0, 0.05) is 16.2 Å². The summed E-state index contributed by atoms with van der Waals surface area (Å²) in [7, 11) is 0. The summed E-state index contributed by atoms with van der Waals surface area (Å²) in [6, 6.07) is 9.59. The van der Waals surface area contributed by atoms with Crippen LogP contribution in [0.2, 0.25) is 0 Å². The Morgan fingerprint density at radius 1 is 1.25 bits per heavy atom. The highest BCUT2D eigenvalue weighted by Crippen LogP contribution is 2.18. The van der Waals surface area contributed by atoms with Gasteiger partial charge in [-0.25, -0.2) is 4.98 Å². The molecular formula is C16H17BrN2O. The summed E-state index contributed by atoms with van der Waals surface area (Å²) in [4.78, 5) is 16.4. The second-order valence-corrected chi connectivity index (χ2v) is 5.97. The predicted octanol–water partition coefficient (Wildman–Crippen LogP) is 4.53. The second kappa shape index (κ2) is 6.18. The number of carbonyl (C=O) groups excluding carboxylic acids is 1. The van der Waals surface area contributed by atoms with Crippen LogP contribution >= 0.6 is 15.9 Å². The van der Waals surface area contributed by atoms with E-state index >= 15 is 0 Å². The van der Waals surface area contributed by atoms with E-state index in [9.17, 15) is 4.79 Å². The van der Waals surface area contributed by atoms with Crippen molar-refractivity contribution in [2.75, 3.05) is 5.32 Å². The summed E-state index contributed by atoms with van der Waals surface area (Å²) < 4.78 is 0.897. The molecule has 20 heavy (non-hydrogen) atoms. The van der Waals surface area contributed by atoms with Gasteiger partial charge in [0.05, 0.1) is 0 Å². The molecule has 4 heteroatoms. The molecule has 1 aromatic heterocycles. The fourth-order valence-electron chi connectivity index (χ4n) is 1.87. The van der Waals surface area contributed by atoms with Crippen LogP contribution in [0.4, 0.5) is 5.82 Å². The highest BCUT2D eigenvalue weighted by Gasteiger charge is 2.09. The number of benzene rings is 1. The minimum absolute atomic E-state index is 0.141. The number of hydrogen-bond donors (Lipinski definition) is 1. The lowest BCUT2D eigenvalue weighted by molar-refractivity contribution is 0.102. The lowest BCUT2D eigenvalue weighted by Crippen LogP contribution is -2.14. The number of halogens is 1. The molecule has 1 N–H and O–H groups in total. The standard InChI is InChI=1S/C16H17BrN2O/c1-10(2)12-4-6-13(7-5-12)16(20)19-15-11(3)8-14(17)9-18-15/h4-10H,1-3H3,(H,18,19,20). The summed E-state index contributed by atoms with van der Waals surface area (Å²) in [5, 5.41) is 2.83. The van der Waals surface area contributed by atoms with Crippen molar-refractivity contribution in [3.8, 4) is 0 Å². The van der Waals surface area contributed by atoms with Crippen LogP contribution in [0.15, 0.2) is 41.0 Å². The van der Waals surface area contributed by atoms with Gasteiger partial charge in [-0.2, -0.15) is 0 Å². The number of amides is 1. The number of nitrogens with zero attached hydrogens (tertiary/aromatic N) is 1. The zero-order valence-electron chi connectivity index (χ0n) is 11.8. The fourth-order valence-corrected chi connectivity index (χ4v) is 2.32. The molecule has 1 aromatic carbocycles. The Labute approximate surface area is 127 Å². The van der Waals surface area contributed by atoms with E-state index in [1.165, 1.54) is 5.56 Å². The third-order valence-corrected chi connectivity index (χ3v) is 3.55. The average molecular weight is 333 g/mol. The summed E-state index contributed by atoms with van der Waals surface area (Å²) in [6.07, 6.45) is 1.67. The van der Waals surface area contributed by atoms with E-state index < -0.39 is 0 Å². The summed E-state index contributed by atoms with van der Waals surface area (Å²) in [5.41, 5.74) is 2.78. The number of carbonyl (C=O) groups is 1. The van der Waals surface area contributed by atoms with Crippen LogP contribution in [-0.2, 0) is 0 Å². The van der Waals surface area contributed by atoms with Gasteiger partial charge in [-0.3, -0.25) is 4.79 Å². The van der Waals surface area contributed by atoms with E-state index in [4.69, 9.17) is 0 Å². The minimum Gasteiger partial charge on any atom is -0.306 e. The normalized spacial score (nSPS) is 10.7. The van der Waals surface area contributed by atoms with E-state index in [0.717, 1.165) is 10.0 Å². The third kappa shape index (κ3) is 3.45. The molecule has 0 radical (unpaired) electrons. The van der Waals surface area contributed by atoms with Crippen LogP contribution in [0.1, 0.15) is 41.3 Å². The molecule has 1 amide bonds. The highest BCUT2D eigenvalue weighted by molar-refractivity contribution is 9.10. The van der Waals surface area contributed by atoms with Crippen molar-refractivity contribution in [3.63, 3.8) is 0 Å². The van der Waals surface area contributed by atoms with Gasteiger partial charge in [-0.15, -0.1) is 0 Å². The number of pyridine rings is 1. The van der Waals surface area contributed by atoms with Crippen molar-refractivity contribution in [3.05, 3.63) is 57.7 Å². The maximum absolute atomic E-state index is 12.2. The lowest BCUT2D eigenvalue weighted by Gasteiger charge is -2.09. The number of nitrogens with one attached hydrogen (secondary N) is 1. The van der Waals surface area contributed by atoms with Crippen LogP contribution in [0.5, 0.6) is 0 Å². The van der Waals surface area contributed by atoms with Crippen molar-refractivity contribution >= 4 is 27.7 Å². The monoisotopic (exact) mass is 332 g/mol. The molecule has 0 aliphatic rings. The Hall–Kier alpha value is -1.68. The first-order chi connectivity index (χ1) is 9.47. The first kappa shape index (κ1) is 14.7. The van der Waals surface area contributed by atoms with Crippen molar-refractivity contribution in [1.82, 2.24) is 4.98 Å². The van der Waals surface area contributed by atoms with Crippen molar-refractivity contribution in [2.24, 2.45) is 0 Å². The highest BCUT2D eigenvalue weighted by atomic mass is 79.9. The molecule has 0 aliphatic carbocycles. The largest absolute Gasteiger partial charge is 0.306 e. The van der Waals surface area contributed by atoms with Gasteiger partial charge in [-0.1, -0.05) is 26.0 Å². The number of aryl methyl sites for hydroxylation is 1. The molecule has 0 spiro atoms. The van der Waals surface area contributed by atoms with Gasteiger partial charge in [-0.05, 0) is 58.1 Å². The molecule has 2 rings (SSSR count). The SMILES string of the molecule is Cc1cc(Br)cnc1NC(=O)c1ccc(C(C)C)cc1. The van der Waals surface area contributed by atoms with Gasteiger partial charge in [0.25, 0.3) is 5.91 Å². The molecule has 0 saturated carbocycles. The summed E-state index contributed by atoms with van der Waals surface area (Å²) in [6.45, 7) is 6.17. The molecule has 0 aliphatic heterocycles. The molecule has 0 fully saturated rings. The van der Waals surface area contributed by atoms with Crippen LogP contribution in [0.25, 0.3) is 0 Å². The smallest absolute Gasteiger partial charge is 0.256 e. The second-order valence-electron chi connectivity index (χ2n) is 5.05. The quantitative estimate of drug-likeness (QED) is 0.897. The molecule has 2 aromatic rings. The molecule has 0 unspecified atom stereocenters. The number of hydrogen-bond acceptors (Lipinski definition) is 2. The van der Waals surface area contributed by atoms with Gasteiger partial charge in [0.2, 0.25) is 0 Å². The van der Waals surface area contributed by atoms with Gasteiger partial charge in [0.1, 0.15) is 5.82 Å². The Morgan fingerprint density at radius 2 is 1.90 bits per heavy atom. The Kier molecular flexibility index (Phi) is 4.55. The van der Waals surface area contributed by atoms with Crippen molar-refractivity contribution in [2.45, 2.75) is 26.7 Å². The van der Waals surface area contributed by atoms with Crippen LogP contribution in [0.3, 0.4) is 0 Å². The maximum atomic E-state index is 12.2. The van der Waals surface area contributed by atoms with Crippen molar-refractivity contribution in [1.29, 1.82) is 0 Å². The number of anilines is 1. The Balaban J connectivity index is 2.15. The third-order valence-electron chi connectivity index (χ3n) is 3.12. The Bertz CT molecular complexity index is 621. The predicted molar refractivity (Wildman–Crippen MR) is 85.2 cm³/mol. The van der Waals surface area contributed by atoms with Crippen molar-refractivity contribution < 1.29 is 4.79 Å². The topological polar surface area (TPSA) is 42.0 Å². The van der Waals surface area contributed by atoms with E-state index in [1.807, 2.05) is 37.3 Å². The van der Waals surface area contributed by atoms with Crippen LogP contribution in [-0.4, -0.2) is 10.9 Å². The van der Waals surface area contributed by atoms with Gasteiger partial charge in [0.15, 0.2) is 0 Å². The van der Waals surface area contributed by atoms with E-state index in [0.29, 0.717) is 17.3 Å². The number of aromatic nitrogens is 1. The summed E-state index contributed by atoms with van der Waals surface area (Å²) >= 11 is 3.35.